The smallest absolute Gasteiger partial charge is 0.293 e. The van der Waals surface area contributed by atoms with Gasteiger partial charge in [-0.25, -0.2) is 4.98 Å². The number of carbonyl (C=O) groups is 1. The highest BCUT2D eigenvalue weighted by Crippen LogP contribution is 2.34. The third-order valence-corrected chi connectivity index (χ3v) is 6.69. The Balaban J connectivity index is 1.58. The Morgan fingerprint density at radius 1 is 1.18 bits per heavy atom. The molecule has 4 rings (SSSR count). The molecular formula is C27H35N4O3+. The van der Waals surface area contributed by atoms with E-state index in [9.17, 15) is 10.1 Å². The fraction of sp³-hybridized carbons (Fsp3) is 0.519. The number of benzene rings is 1. The van der Waals surface area contributed by atoms with E-state index < -0.39 is 0 Å². The normalized spacial score (nSPS) is 17.3. The molecule has 1 saturated heterocycles. The number of nitrogens with zero attached hydrogens (tertiary/aromatic N) is 3. The zero-order valence-corrected chi connectivity index (χ0v) is 20.9. The predicted octanol–water partition coefficient (Wildman–Crippen LogP) is 3.39. The SMILES string of the molecule is COc1ccc(C(=O)N2CCN(c3[nH+]c(CC(C)C)c4c(c3C#N)CC(C)(C)OC4)CC2)cc1. The standard InChI is InChI=1S/C27H34N4O3/c1-18(2)14-24-23-17-34-27(3,4)15-21(23)22(16-28)25(29-24)30-10-12-31(13-11-30)26(32)19-6-8-20(33-5)9-7-19/h6-9,18H,10-15,17H2,1-5H3/p+1. The van der Waals surface area contributed by atoms with Crippen molar-refractivity contribution in [2.75, 3.05) is 38.2 Å². The minimum Gasteiger partial charge on any atom is -0.497 e. The maximum atomic E-state index is 13.0. The molecule has 0 bridgehead atoms. The fourth-order valence-corrected chi connectivity index (χ4v) is 4.86. The molecule has 7 nitrogen and oxygen atoms in total. The van der Waals surface area contributed by atoms with E-state index in [0.29, 0.717) is 56.3 Å². The van der Waals surface area contributed by atoms with Gasteiger partial charge in [0.2, 0.25) is 0 Å². The van der Waals surface area contributed by atoms with Crippen molar-refractivity contribution in [3.63, 3.8) is 0 Å². The van der Waals surface area contributed by atoms with E-state index in [2.05, 4.69) is 43.6 Å². The molecule has 0 unspecified atom stereocenters. The average Bonchev–Trinajstić information content (AvgIpc) is 2.82. The van der Waals surface area contributed by atoms with Crippen LogP contribution in [0.5, 0.6) is 5.75 Å². The number of H-pyrrole nitrogens is 1. The maximum Gasteiger partial charge on any atom is 0.293 e. The zero-order chi connectivity index (χ0) is 24.5. The van der Waals surface area contributed by atoms with E-state index in [1.807, 2.05) is 17.0 Å². The van der Waals surface area contributed by atoms with E-state index in [1.165, 1.54) is 0 Å². The van der Waals surface area contributed by atoms with Crippen molar-refractivity contribution >= 4 is 11.7 Å². The number of ether oxygens (including phenoxy) is 2. The lowest BCUT2D eigenvalue weighted by Crippen LogP contribution is -2.51. The van der Waals surface area contributed by atoms with Gasteiger partial charge >= 0.3 is 0 Å². The third kappa shape index (κ3) is 4.88. The van der Waals surface area contributed by atoms with Crippen molar-refractivity contribution in [3.05, 3.63) is 52.2 Å². The average molecular weight is 464 g/mol. The number of anilines is 1. The molecule has 1 N–H and O–H groups in total. The van der Waals surface area contributed by atoms with Gasteiger partial charge in [-0.3, -0.25) is 9.69 Å². The van der Waals surface area contributed by atoms with E-state index in [4.69, 9.17) is 9.47 Å². The Bertz CT molecular complexity index is 1090. The summed E-state index contributed by atoms with van der Waals surface area (Å²) in [6.07, 6.45) is 1.62. The molecular weight excluding hydrogens is 428 g/mol. The van der Waals surface area contributed by atoms with Crippen LogP contribution in [0.1, 0.15) is 60.4 Å². The molecule has 0 aliphatic carbocycles. The number of hydrogen-bond donors (Lipinski definition) is 0. The van der Waals surface area contributed by atoms with E-state index in [-0.39, 0.29) is 11.5 Å². The molecule has 1 fully saturated rings. The summed E-state index contributed by atoms with van der Waals surface area (Å²) in [5.41, 5.74) is 4.49. The number of nitrogens with one attached hydrogen (secondary N) is 1. The predicted molar refractivity (Wildman–Crippen MR) is 130 cm³/mol. The highest BCUT2D eigenvalue weighted by molar-refractivity contribution is 5.94. The monoisotopic (exact) mass is 463 g/mol. The van der Waals surface area contributed by atoms with Crippen molar-refractivity contribution in [2.24, 2.45) is 5.92 Å². The summed E-state index contributed by atoms with van der Waals surface area (Å²) in [6.45, 7) is 11.7. The Morgan fingerprint density at radius 2 is 1.85 bits per heavy atom. The maximum absolute atomic E-state index is 13.0. The molecule has 0 atom stereocenters. The Hall–Kier alpha value is -3.11. The summed E-state index contributed by atoms with van der Waals surface area (Å²) in [7, 11) is 1.61. The summed E-state index contributed by atoms with van der Waals surface area (Å²) < 4.78 is 11.3. The van der Waals surface area contributed by atoms with Gasteiger partial charge in [-0.2, -0.15) is 5.26 Å². The number of piperazine rings is 1. The molecule has 0 radical (unpaired) electrons. The Labute approximate surface area is 202 Å². The van der Waals surface area contributed by atoms with Crippen LogP contribution in [0.15, 0.2) is 24.3 Å². The van der Waals surface area contributed by atoms with Gasteiger partial charge in [-0.15, -0.1) is 0 Å². The number of methoxy groups -OCH3 is 1. The second-order valence-electron chi connectivity index (χ2n) is 10.2. The van der Waals surface area contributed by atoms with Crippen LogP contribution >= 0.6 is 0 Å². The minimum atomic E-state index is -0.296. The number of carbonyl (C=O) groups excluding carboxylic acids is 1. The number of fused-ring (bicyclic) bond motifs is 1. The first-order chi connectivity index (χ1) is 16.2. The lowest BCUT2D eigenvalue weighted by molar-refractivity contribution is -0.379. The summed E-state index contributed by atoms with van der Waals surface area (Å²) in [6, 6.07) is 9.72. The van der Waals surface area contributed by atoms with Gasteiger partial charge in [-0.1, -0.05) is 13.8 Å². The number of amides is 1. The van der Waals surface area contributed by atoms with E-state index in [0.717, 1.165) is 34.8 Å². The van der Waals surface area contributed by atoms with Crippen molar-refractivity contribution < 1.29 is 19.3 Å². The van der Waals surface area contributed by atoms with Crippen LogP contribution in [0.3, 0.4) is 0 Å². The summed E-state index contributed by atoms with van der Waals surface area (Å²) in [5.74, 6) is 2.12. The topological polar surface area (TPSA) is 79.9 Å². The number of nitriles is 1. The van der Waals surface area contributed by atoms with Gasteiger partial charge in [0.15, 0.2) is 0 Å². The first kappa shape index (κ1) is 24.0. The number of aromatic nitrogens is 1. The minimum absolute atomic E-state index is 0.0247. The fourth-order valence-electron chi connectivity index (χ4n) is 4.86. The lowest BCUT2D eigenvalue weighted by Gasteiger charge is -2.35. The summed E-state index contributed by atoms with van der Waals surface area (Å²) in [5, 5.41) is 10.2. The quantitative estimate of drug-likeness (QED) is 0.679. The Kier molecular flexibility index (Phi) is 6.81. The molecule has 180 valence electrons. The van der Waals surface area contributed by atoms with E-state index in [1.54, 1.807) is 19.2 Å². The number of pyridine rings is 1. The molecule has 7 heteroatoms. The van der Waals surface area contributed by atoms with Crippen LogP contribution in [0.4, 0.5) is 5.82 Å². The van der Waals surface area contributed by atoms with Crippen LogP contribution in [0.25, 0.3) is 0 Å². The van der Waals surface area contributed by atoms with Gasteiger partial charge < -0.3 is 14.4 Å². The van der Waals surface area contributed by atoms with Crippen molar-refractivity contribution in [3.8, 4) is 11.8 Å². The molecule has 1 aromatic heterocycles. The molecule has 34 heavy (non-hydrogen) atoms. The largest absolute Gasteiger partial charge is 0.497 e. The van der Waals surface area contributed by atoms with Crippen molar-refractivity contribution in [1.82, 2.24) is 4.90 Å². The van der Waals surface area contributed by atoms with Crippen LogP contribution in [0, 0.1) is 17.2 Å². The van der Waals surface area contributed by atoms with Gasteiger partial charge in [0.1, 0.15) is 36.2 Å². The molecule has 1 amide bonds. The first-order valence-electron chi connectivity index (χ1n) is 12.0. The summed E-state index contributed by atoms with van der Waals surface area (Å²) in [4.78, 5) is 20.7. The Morgan fingerprint density at radius 3 is 2.44 bits per heavy atom. The molecule has 2 aromatic rings. The lowest BCUT2D eigenvalue weighted by atomic mass is 9.86. The highest BCUT2D eigenvalue weighted by Gasteiger charge is 2.37. The zero-order valence-electron chi connectivity index (χ0n) is 20.9. The number of hydrogen-bond acceptors (Lipinski definition) is 5. The van der Waals surface area contributed by atoms with Crippen LogP contribution in [-0.2, 0) is 24.2 Å². The molecule has 0 saturated carbocycles. The number of aromatic amines is 1. The van der Waals surface area contributed by atoms with Gasteiger partial charge in [0, 0.05) is 24.0 Å². The molecule has 3 heterocycles. The van der Waals surface area contributed by atoms with Crippen LogP contribution in [-0.4, -0.2) is 49.7 Å². The third-order valence-electron chi connectivity index (χ3n) is 6.69. The molecule has 0 spiro atoms. The van der Waals surface area contributed by atoms with Crippen LogP contribution < -0.4 is 14.6 Å². The highest BCUT2D eigenvalue weighted by atomic mass is 16.5. The van der Waals surface area contributed by atoms with Gasteiger partial charge in [0.25, 0.3) is 11.7 Å². The van der Waals surface area contributed by atoms with Crippen molar-refractivity contribution in [1.29, 1.82) is 5.26 Å². The first-order valence-corrected chi connectivity index (χ1v) is 12.0. The molecule has 1 aromatic carbocycles. The second-order valence-corrected chi connectivity index (χ2v) is 10.2. The number of rotatable bonds is 5. The van der Waals surface area contributed by atoms with Crippen molar-refractivity contribution in [2.45, 2.75) is 52.7 Å². The van der Waals surface area contributed by atoms with Gasteiger partial charge in [-0.05, 0) is 49.6 Å². The van der Waals surface area contributed by atoms with Crippen LogP contribution in [0.2, 0.25) is 0 Å². The van der Waals surface area contributed by atoms with E-state index >= 15 is 0 Å². The molecule has 2 aliphatic heterocycles. The van der Waals surface area contributed by atoms with Gasteiger partial charge in [0.05, 0.1) is 32.4 Å². The molecule has 2 aliphatic rings. The summed E-state index contributed by atoms with van der Waals surface area (Å²) >= 11 is 0. The second kappa shape index (κ2) is 9.63.